The second-order valence-electron chi connectivity index (χ2n) is 6.84. The lowest BCUT2D eigenvalue weighted by atomic mass is 9.90. The Bertz CT molecular complexity index is 831. The van der Waals surface area contributed by atoms with Gasteiger partial charge in [-0.25, -0.2) is 4.79 Å². The van der Waals surface area contributed by atoms with Crippen molar-refractivity contribution in [2.45, 2.75) is 27.2 Å². The average Bonchev–Trinajstić information content (AvgIpc) is 2.69. The molecule has 0 bridgehead atoms. The van der Waals surface area contributed by atoms with Crippen LogP contribution < -0.4 is 10.6 Å². The SMILES string of the molecule is CCOC(=O)c1ccccc1NC(=O)C(C)(C)C(=O)NCCc1ccccc1. The second kappa shape index (κ2) is 9.69. The van der Waals surface area contributed by atoms with Gasteiger partial charge in [-0.3, -0.25) is 9.59 Å². The molecule has 0 aromatic heterocycles. The number of esters is 1. The molecule has 0 saturated carbocycles. The first-order chi connectivity index (χ1) is 13.4. The molecule has 0 spiro atoms. The Labute approximate surface area is 165 Å². The number of amides is 2. The molecule has 0 atom stereocenters. The molecular weight excluding hydrogens is 356 g/mol. The van der Waals surface area contributed by atoms with Crippen molar-refractivity contribution in [3.05, 3.63) is 65.7 Å². The Kier molecular flexibility index (Phi) is 7.32. The summed E-state index contributed by atoms with van der Waals surface area (Å²) in [4.78, 5) is 37.3. The number of hydrogen-bond acceptors (Lipinski definition) is 4. The van der Waals surface area contributed by atoms with E-state index < -0.39 is 17.3 Å². The van der Waals surface area contributed by atoms with Gasteiger partial charge >= 0.3 is 5.97 Å². The molecule has 2 N–H and O–H groups in total. The van der Waals surface area contributed by atoms with Gasteiger partial charge in [0.15, 0.2) is 0 Å². The summed E-state index contributed by atoms with van der Waals surface area (Å²) in [6.07, 6.45) is 0.677. The van der Waals surface area contributed by atoms with E-state index in [0.717, 1.165) is 5.56 Å². The van der Waals surface area contributed by atoms with Crippen LogP contribution in [0.3, 0.4) is 0 Å². The van der Waals surface area contributed by atoms with E-state index in [4.69, 9.17) is 4.74 Å². The fourth-order valence-corrected chi connectivity index (χ4v) is 2.55. The zero-order valence-electron chi connectivity index (χ0n) is 16.5. The number of para-hydroxylation sites is 1. The first-order valence-electron chi connectivity index (χ1n) is 9.26. The van der Waals surface area contributed by atoms with E-state index in [9.17, 15) is 14.4 Å². The first kappa shape index (κ1) is 21.2. The molecule has 6 nitrogen and oxygen atoms in total. The van der Waals surface area contributed by atoms with Crippen LogP contribution in [0.1, 0.15) is 36.7 Å². The van der Waals surface area contributed by atoms with Gasteiger partial charge in [0.1, 0.15) is 5.41 Å². The Morgan fingerprint density at radius 2 is 1.57 bits per heavy atom. The third kappa shape index (κ3) is 5.42. The highest BCUT2D eigenvalue weighted by atomic mass is 16.5. The number of anilines is 1. The summed E-state index contributed by atoms with van der Waals surface area (Å²) < 4.78 is 5.01. The highest BCUT2D eigenvalue weighted by Crippen LogP contribution is 2.22. The van der Waals surface area contributed by atoms with Gasteiger partial charge in [-0.2, -0.15) is 0 Å². The molecular formula is C22H26N2O4. The van der Waals surface area contributed by atoms with Gasteiger partial charge < -0.3 is 15.4 Å². The third-order valence-corrected chi connectivity index (χ3v) is 4.35. The van der Waals surface area contributed by atoms with E-state index in [2.05, 4.69) is 10.6 Å². The highest BCUT2D eigenvalue weighted by Gasteiger charge is 2.36. The summed E-state index contributed by atoms with van der Waals surface area (Å²) >= 11 is 0. The zero-order chi connectivity index (χ0) is 20.6. The predicted octanol–water partition coefficient (Wildman–Crippen LogP) is 3.19. The Morgan fingerprint density at radius 3 is 2.25 bits per heavy atom. The molecule has 6 heteroatoms. The van der Waals surface area contributed by atoms with Crippen molar-refractivity contribution < 1.29 is 19.1 Å². The van der Waals surface area contributed by atoms with Crippen LogP contribution in [0.25, 0.3) is 0 Å². The molecule has 0 heterocycles. The molecule has 2 amide bonds. The summed E-state index contributed by atoms with van der Waals surface area (Å²) in [5.41, 5.74) is 0.362. The summed E-state index contributed by atoms with van der Waals surface area (Å²) in [6, 6.07) is 16.3. The van der Waals surface area contributed by atoms with Crippen molar-refractivity contribution in [1.29, 1.82) is 0 Å². The van der Waals surface area contributed by atoms with E-state index in [-0.39, 0.29) is 18.1 Å². The molecule has 0 fully saturated rings. The largest absolute Gasteiger partial charge is 0.462 e. The minimum atomic E-state index is -1.31. The number of nitrogens with one attached hydrogen (secondary N) is 2. The monoisotopic (exact) mass is 382 g/mol. The number of carbonyl (C=O) groups excluding carboxylic acids is 3. The summed E-state index contributed by atoms with van der Waals surface area (Å²) in [5, 5.41) is 5.48. The molecule has 2 aromatic rings. The van der Waals surface area contributed by atoms with Gasteiger partial charge in [-0.05, 0) is 44.9 Å². The molecule has 148 valence electrons. The van der Waals surface area contributed by atoms with Crippen LogP contribution in [-0.2, 0) is 20.7 Å². The Hall–Kier alpha value is -3.15. The normalized spacial score (nSPS) is 10.8. The predicted molar refractivity (Wildman–Crippen MR) is 108 cm³/mol. The molecule has 0 aliphatic carbocycles. The van der Waals surface area contributed by atoms with Crippen molar-refractivity contribution >= 4 is 23.5 Å². The van der Waals surface area contributed by atoms with Crippen LogP contribution in [0, 0.1) is 5.41 Å². The summed E-state index contributed by atoms with van der Waals surface area (Å²) in [5.74, 6) is -1.40. The number of ether oxygens (including phenoxy) is 1. The number of carbonyl (C=O) groups is 3. The Morgan fingerprint density at radius 1 is 0.929 bits per heavy atom. The Balaban J connectivity index is 2.00. The molecule has 2 rings (SSSR count). The van der Waals surface area contributed by atoms with Gasteiger partial charge in [0, 0.05) is 6.54 Å². The highest BCUT2D eigenvalue weighted by molar-refractivity contribution is 6.11. The summed E-state index contributed by atoms with van der Waals surface area (Å²) in [7, 11) is 0. The number of hydrogen-bond donors (Lipinski definition) is 2. The zero-order valence-corrected chi connectivity index (χ0v) is 16.5. The van der Waals surface area contributed by atoms with Gasteiger partial charge in [-0.1, -0.05) is 42.5 Å². The molecule has 0 radical (unpaired) electrons. The molecule has 28 heavy (non-hydrogen) atoms. The van der Waals surface area contributed by atoms with Gasteiger partial charge in [0.05, 0.1) is 17.9 Å². The third-order valence-electron chi connectivity index (χ3n) is 4.35. The maximum atomic E-state index is 12.7. The van der Waals surface area contributed by atoms with E-state index in [1.807, 2.05) is 30.3 Å². The van der Waals surface area contributed by atoms with Crippen LogP contribution in [0.4, 0.5) is 5.69 Å². The van der Waals surface area contributed by atoms with Crippen molar-refractivity contribution in [3.63, 3.8) is 0 Å². The lowest BCUT2D eigenvalue weighted by Gasteiger charge is -2.23. The fraction of sp³-hybridized carbons (Fsp3) is 0.318. The lowest BCUT2D eigenvalue weighted by molar-refractivity contribution is -0.138. The van der Waals surface area contributed by atoms with E-state index >= 15 is 0 Å². The van der Waals surface area contributed by atoms with E-state index in [1.54, 1.807) is 45.0 Å². The molecule has 0 aliphatic rings. The van der Waals surface area contributed by atoms with Crippen LogP contribution in [0.2, 0.25) is 0 Å². The van der Waals surface area contributed by atoms with Crippen LogP contribution >= 0.6 is 0 Å². The van der Waals surface area contributed by atoms with Crippen molar-refractivity contribution in [1.82, 2.24) is 5.32 Å². The van der Waals surface area contributed by atoms with Crippen LogP contribution in [0.15, 0.2) is 54.6 Å². The molecule has 0 saturated heterocycles. The van der Waals surface area contributed by atoms with Gasteiger partial charge in [-0.15, -0.1) is 0 Å². The van der Waals surface area contributed by atoms with Crippen LogP contribution in [-0.4, -0.2) is 30.9 Å². The topological polar surface area (TPSA) is 84.5 Å². The molecule has 0 aliphatic heterocycles. The van der Waals surface area contributed by atoms with Crippen LogP contribution in [0.5, 0.6) is 0 Å². The quantitative estimate of drug-likeness (QED) is 0.542. The maximum Gasteiger partial charge on any atom is 0.340 e. The minimum Gasteiger partial charge on any atom is -0.462 e. The first-order valence-corrected chi connectivity index (χ1v) is 9.26. The fourth-order valence-electron chi connectivity index (χ4n) is 2.55. The summed E-state index contributed by atoms with van der Waals surface area (Å²) in [6.45, 7) is 5.47. The standard InChI is InChI=1S/C22H26N2O4/c1-4-28-19(25)17-12-8-9-13-18(17)24-21(27)22(2,3)20(26)23-15-14-16-10-6-5-7-11-16/h5-13H,4,14-15H2,1-3H3,(H,23,26)(H,24,27). The van der Waals surface area contributed by atoms with Crippen molar-refractivity contribution in [2.24, 2.45) is 5.41 Å². The minimum absolute atomic E-state index is 0.233. The van der Waals surface area contributed by atoms with Gasteiger partial charge in [0.25, 0.3) is 0 Å². The average molecular weight is 382 g/mol. The lowest BCUT2D eigenvalue weighted by Crippen LogP contribution is -2.45. The van der Waals surface area contributed by atoms with Gasteiger partial charge in [0.2, 0.25) is 11.8 Å². The molecule has 0 unspecified atom stereocenters. The smallest absolute Gasteiger partial charge is 0.340 e. The number of benzene rings is 2. The number of rotatable bonds is 8. The van der Waals surface area contributed by atoms with E-state index in [1.165, 1.54) is 0 Å². The van der Waals surface area contributed by atoms with Crippen molar-refractivity contribution in [2.75, 3.05) is 18.5 Å². The maximum absolute atomic E-state index is 12.7. The second-order valence-corrected chi connectivity index (χ2v) is 6.84. The van der Waals surface area contributed by atoms with Crippen molar-refractivity contribution in [3.8, 4) is 0 Å². The molecule has 2 aromatic carbocycles. The van der Waals surface area contributed by atoms with E-state index in [0.29, 0.717) is 18.7 Å².